The van der Waals surface area contributed by atoms with Gasteiger partial charge in [0.2, 0.25) is 11.8 Å². The Kier molecular flexibility index (Phi) is 5.50. The molecule has 1 aliphatic carbocycles. The molecule has 0 spiro atoms. The molecule has 5 rings (SSSR count). The number of benzene rings is 1. The van der Waals surface area contributed by atoms with Gasteiger partial charge >= 0.3 is 0 Å². The number of unbranched alkanes of at least 4 members (excludes halogenated alkanes) is 1. The first kappa shape index (κ1) is 20.2. The quantitative estimate of drug-likeness (QED) is 0.551. The number of likely N-dealkylation sites (tertiary alicyclic amines) is 1. The molecule has 1 saturated heterocycles. The van der Waals surface area contributed by atoms with E-state index in [9.17, 15) is 14.7 Å². The van der Waals surface area contributed by atoms with E-state index in [2.05, 4.69) is 21.4 Å². The topological polar surface area (TPSA) is 77.0 Å². The van der Waals surface area contributed by atoms with E-state index >= 15 is 0 Å². The second kappa shape index (κ2) is 8.43. The highest BCUT2D eigenvalue weighted by Gasteiger charge is 2.49. The standard InChI is InChI=1S/C23H26N4O3S/c28-16-7-8-17-19(15-16)23(30)27(22(17)29)10-4-3-9-25-11-13-26(14-12-25)21-18-5-1-2-6-20(18)31-24-21/h1-2,5-6,11-14,16-17,19,28H,3-4,7-10,15H2/t16-,17?,19?/m1/s1. The second-order valence-electron chi connectivity index (χ2n) is 8.46. The molecule has 2 amide bonds. The van der Waals surface area contributed by atoms with Crippen LogP contribution in [0.15, 0.2) is 49.1 Å². The van der Waals surface area contributed by atoms with Crippen molar-refractivity contribution in [1.82, 2.24) is 14.2 Å². The summed E-state index contributed by atoms with van der Waals surface area (Å²) in [4.78, 5) is 30.7. The molecule has 2 unspecified atom stereocenters. The number of hydrogen-bond acceptors (Lipinski definition) is 7. The summed E-state index contributed by atoms with van der Waals surface area (Å²) >= 11 is 1.50. The maximum atomic E-state index is 12.6. The lowest BCUT2D eigenvalue weighted by molar-refractivity contribution is -0.140. The van der Waals surface area contributed by atoms with Gasteiger partial charge in [-0.2, -0.15) is 4.37 Å². The molecular formula is C23H26N4O3S. The zero-order valence-electron chi connectivity index (χ0n) is 17.3. The summed E-state index contributed by atoms with van der Waals surface area (Å²) in [6.07, 6.45) is 10.9. The van der Waals surface area contributed by atoms with Crippen molar-refractivity contribution in [2.75, 3.05) is 18.0 Å². The van der Waals surface area contributed by atoms with Gasteiger partial charge in [0.25, 0.3) is 0 Å². The van der Waals surface area contributed by atoms with Crippen molar-refractivity contribution in [1.29, 1.82) is 0 Å². The fourth-order valence-corrected chi connectivity index (χ4v) is 5.55. The van der Waals surface area contributed by atoms with Crippen molar-refractivity contribution in [2.24, 2.45) is 11.8 Å². The number of anilines is 1. The average molecular weight is 439 g/mol. The lowest BCUT2D eigenvalue weighted by atomic mass is 9.80. The SMILES string of the molecule is O=C1C2CC[C@@H](O)CC2C(=O)N1CCCCN1C=CN(c2nsc3ccccc23)C=C1. The predicted octanol–water partition coefficient (Wildman–Crippen LogP) is 3.29. The van der Waals surface area contributed by atoms with Crippen LogP contribution in [-0.4, -0.2) is 50.3 Å². The average Bonchev–Trinajstić information content (AvgIpc) is 3.32. The van der Waals surface area contributed by atoms with E-state index in [1.807, 2.05) is 41.8 Å². The minimum absolute atomic E-state index is 0.0363. The lowest BCUT2D eigenvalue weighted by Gasteiger charge is -2.24. The van der Waals surface area contributed by atoms with Gasteiger partial charge in [0, 0.05) is 43.3 Å². The predicted molar refractivity (Wildman–Crippen MR) is 120 cm³/mol. The van der Waals surface area contributed by atoms with Gasteiger partial charge in [-0.3, -0.25) is 14.5 Å². The van der Waals surface area contributed by atoms with Crippen LogP contribution in [0, 0.1) is 11.8 Å². The molecule has 1 N–H and O–H groups in total. The number of nitrogens with zero attached hydrogens (tertiary/aromatic N) is 4. The summed E-state index contributed by atoms with van der Waals surface area (Å²) in [5.41, 5.74) is 0. The fourth-order valence-electron chi connectivity index (χ4n) is 4.77. The number of hydrogen-bond donors (Lipinski definition) is 1. The number of fused-ring (bicyclic) bond motifs is 2. The molecule has 1 saturated carbocycles. The van der Waals surface area contributed by atoms with Gasteiger partial charge in [-0.1, -0.05) is 12.1 Å². The Morgan fingerprint density at radius 2 is 1.71 bits per heavy atom. The molecule has 2 fully saturated rings. The van der Waals surface area contributed by atoms with E-state index in [-0.39, 0.29) is 23.7 Å². The number of carbonyl (C=O) groups is 2. The Morgan fingerprint density at radius 3 is 2.55 bits per heavy atom. The van der Waals surface area contributed by atoms with Gasteiger partial charge in [-0.15, -0.1) is 0 Å². The highest BCUT2D eigenvalue weighted by Crippen LogP contribution is 2.38. The Labute approximate surface area is 185 Å². The first-order valence-electron chi connectivity index (χ1n) is 10.9. The van der Waals surface area contributed by atoms with Gasteiger partial charge < -0.3 is 14.9 Å². The second-order valence-corrected chi connectivity index (χ2v) is 9.26. The Morgan fingerprint density at radius 1 is 0.968 bits per heavy atom. The van der Waals surface area contributed by atoms with Gasteiger partial charge in [0.05, 0.1) is 22.6 Å². The molecule has 2 aliphatic heterocycles. The van der Waals surface area contributed by atoms with E-state index in [0.29, 0.717) is 25.8 Å². The number of aliphatic hydroxyl groups is 1. The zero-order valence-corrected chi connectivity index (χ0v) is 18.1. The molecule has 1 aromatic carbocycles. The van der Waals surface area contributed by atoms with Crippen LogP contribution in [0.2, 0.25) is 0 Å². The molecule has 1 aromatic heterocycles. The van der Waals surface area contributed by atoms with E-state index in [0.717, 1.165) is 30.6 Å². The number of rotatable bonds is 6. The lowest BCUT2D eigenvalue weighted by Crippen LogP contribution is -2.32. The Hall–Kier alpha value is -2.71. The minimum atomic E-state index is -0.447. The summed E-state index contributed by atoms with van der Waals surface area (Å²) in [5.74, 6) is 0.294. The van der Waals surface area contributed by atoms with Crippen molar-refractivity contribution in [3.63, 3.8) is 0 Å². The number of imide groups is 1. The van der Waals surface area contributed by atoms with Crippen LogP contribution in [0.25, 0.3) is 10.1 Å². The van der Waals surface area contributed by atoms with Crippen LogP contribution in [0.1, 0.15) is 32.1 Å². The molecule has 31 heavy (non-hydrogen) atoms. The third-order valence-corrected chi connectivity index (χ3v) is 7.29. The van der Waals surface area contributed by atoms with Gasteiger partial charge in [-0.05, 0) is 55.8 Å². The van der Waals surface area contributed by atoms with Crippen LogP contribution in [-0.2, 0) is 9.59 Å². The molecule has 162 valence electrons. The van der Waals surface area contributed by atoms with Crippen molar-refractivity contribution in [3.05, 3.63) is 49.1 Å². The number of amides is 2. The normalized spacial score (nSPS) is 25.7. The summed E-state index contributed by atoms with van der Waals surface area (Å²) < 4.78 is 5.74. The molecular weight excluding hydrogens is 412 g/mol. The minimum Gasteiger partial charge on any atom is -0.393 e. The Bertz CT molecular complexity index is 1030. The smallest absolute Gasteiger partial charge is 0.233 e. The van der Waals surface area contributed by atoms with Gasteiger partial charge in [0.1, 0.15) is 0 Å². The molecule has 3 atom stereocenters. The maximum Gasteiger partial charge on any atom is 0.233 e. The molecule has 3 aliphatic rings. The summed E-state index contributed by atoms with van der Waals surface area (Å²) in [6, 6.07) is 8.21. The van der Waals surface area contributed by atoms with Crippen molar-refractivity contribution >= 4 is 39.3 Å². The molecule has 2 aromatic rings. The first-order chi connectivity index (χ1) is 15.1. The third-order valence-electron chi connectivity index (χ3n) is 6.48. The first-order valence-corrected chi connectivity index (χ1v) is 11.7. The van der Waals surface area contributed by atoms with E-state index in [1.165, 1.54) is 21.1 Å². The maximum absolute atomic E-state index is 12.6. The van der Waals surface area contributed by atoms with Crippen LogP contribution < -0.4 is 4.90 Å². The molecule has 7 nitrogen and oxygen atoms in total. The van der Waals surface area contributed by atoms with Crippen LogP contribution in [0.5, 0.6) is 0 Å². The van der Waals surface area contributed by atoms with Crippen LogP contribution >= 0.6 is 11.5 Å². The summed E-state index contributed by atoms with van der Waals surface area (Å²) in [6.45, 7) is 1.29. The number of carbonyl (C=O) groups excluding carboxylic acids is 2. The van der Waals surface area contributed by atoms with E-state index < -0.39 is 6.10 Å². The van der Waals surface area contributed by atoms with Crippen LogP contribution in [0.4, 0.5) is 5.82 Å². The zero-order chi connectivity index (χ0) is 21.4. The molecule has 0 radical (unpaired) electrons. The Balaban J connectivity index is 1.11. The fraction of sp³-hybridized carbons (Fsp3) is 0.435. The monoisotopic (exact) mass is 438 g/mol. The summed E-state index contributed by atoms with van der Waals surface area (Å²) in [5, 5.41) is 11.0. The third kappa shape index (κ3) is 3.85. The highest BCUT2D eigenvalue weighted by molar-refractivity contribution is 7.13. The summed E-state index contributed by atoms with van der Waals surface area (Å²) in [7, 11) is 0. The van der Waals surface area contributed by atoms with Crippen molar-refractivity contribution < 1.29 is 14.7 Å². The van der Waals surface area contributed by atoms with Crippen molar-refractivity contribution in [2.45, 2.75) is 38.2 Å². The number of aromatic nitrogens is 1. The highest BCUT2D eigenvalue weighted by atomic mass is 32.1. The van der Waals surface area contributed by atoms with Gasteiger partial charge in [0.15, 0.2) is 5.82 Å². The number of aliphatic hydroxyl groups excluding tert-OH is 1. The molecule has 8 heteroatoms. The van der Waals surface area contributed by atoms with Crippen molar-refractivity contribution in [3.8, 4) is 0 Å². The molecule has 0 bridgehead atoms. The van der Waals surface area contributed by atoms with Crippen LogP contribution in [0.3, 0.4) is 0 Å². The molecule has 3 heterocycles. The largest absolute Gasteiger partial charge is 0.393 e. The van der Waals surface area contributed by atoms with Gasteiger partial charge in [-0.25, -0.2) is 0 Å². The van der Waals surface area contributed by atoms with E-state index in [4.69, 9.17) is 0 Å². The van der Waals surface area contributed by atoms with E-state index in [1.54, 1.807) is 0 Å².